The summed E-state index contributed by atoms with van der Waals surface area (Å²) >= 11 is 0. The van der Waals surface area contributed by atoms with Gasteiger partial charge in [-0.15, -0.1) is 0 Å². The lowest BCUT2D eigenvalue weighted by atomic mass is 9.95. The third-order valence-electron chi connectivity index (χ3n) is 8.03. The van der Waals surface area contributed by atoms with Crippen LogP contribution in [0.2, 0.25) is 0 Å². The van der Waals surface area contributed by atoms with Gasteiger partial charge in [-0.2, -0.15) is 0 Å². The van der Waals surface area contributed by atoms with E-state index in [1.54, 1.807) is 49.2 Å². The molecule has 0 aliphatic carbocycles. The first kappa shape index (κ1) is 34.5. The number of piperidine rings is 1. The minimum absolute atomic E-state index is 0.0199. The summed E-state index contributed by atoms with van der Waals surface area (Å²) in [5, 5.41) is 26.3. The quantitative estimate of drug-likeness (QED) is 0.270. The second-order valence-electron chi connectivity index (χ2n) is 12.2. The second-order valence-corrected chi connectivity index (χ2v) is 12.2. The Kier molecular flexibility index (Phi) is 13.5. The zero-order valence-corrected chi connectivity index (χ0v) is 26.1. The van der Waals surface area contributed by atoms with E-state index in [2.05, 4.69) is 29.4 Å². The fourth-order valence-corrected chi connectivity index (χ4v) is 5.46. The van der Waals surface area contributed by atoms with Crippen molar-refractivity contribution in [1.82, 2.24) is 20.4 Å². The van der Waals surface area contributed by atoms with Crippen LogP contribution in [0.3, 0.4) is 0 Å². The van der Waals surface area contributed by atoms with Gasteiger partial charge in [0.15, 0.2) is 0 Å². The van der Waals surface area contributed by atoms with E-state index in [9.17, 15) is 24.6 Å². The van der Waals surface area contributed by atoms with Gasteiger partial charge in [0.1, 0.15) is 12.1 Å². The number of benzene rings is 1. The molecule has 1 fully saturated rings. The molecule has 9 heteroatoms. The topological polar surface area (TPSA) is 122 Å². The molecule has 230 valence electrons. The Balaban J connectivity index is 2.18. The molecule has 0 bridgehead atoms. The highest BCUT2D eigenvalue weighted by atomic mass is 16.3. The predicted molar refractivity (Wildman–Crippen MR) is 162 cm³/mol. The van der Waals surface area contributed by atoms with Crippen LogP contribution in [-0.2, 0) is 14.4 Å². The van der Waals surface area contributed by atoms with Crippen LogP contribution in [0.15, 0.2) is 42.0 Å². The van der Waals surface area contributed by atoms with Gasteiger partial charge in [0.05, 0.1) is 24.7 Å². The van der Waals surface area contributed by atoms with E-state index in [0.29, 0.717) is 11.1 Å². The molecule has 41 heavy (non-hydrogen) atoms. The second kappa shape index (κ2) is 16.0. The molecular weight excluding hydrogens is 520 g/mol. The standard InChI is InChI=1S/C32H52N4O5/c1-20(2)27(18-23(7)30(39)33-25(19-37)29(38)24-14-10-9-11-15-24)35(8)32(41)28(21(3)4)34-31(40)26-16-12-13-17-36(26)22(5)6/h9-11,14-15,18,20-22,25-29,37-38H,12-13,16-17,19H2,1-8H3,(H,33,39)(H,34,40)/t25-,26?,27+,28-,29+/m0/s1. The lowest BCUT2D eigenvalue weighted by Crippen LogP contribution is -2.58. The number of carbonyl (C=O) groups is 3. The normalized spacial score (nSPS) is 19.5. The molecule has 0 saturated carbocycles. The van der Waals surface area contributed by atoms with Crippen LogP contribution >= 0.6 is 0 Å². The van der Waals surface area contributed by atoms with Crippen molar-refractivity contribution in [3.05, 3.63) is 47.5 Å². The Morgan fingerprint density at radius 3 is 2.20 bits per heavy atom. The molecule has 1 aromatic carbocycles. The zero-order chi connectivity index (χ0) is 30.9. The maximum absolute atomic E-state index is 13.8. The van der Waals surface area contributed by atoms with Gasteiger partial charge in [-0.1, -0.05) is 70.5 Å². The molecule has 0 radical (unpaired) electrons. The van der Waals surface area contributed by atoms with Crippen LogP contribution in [0.25, 0.3) is 0 Å². The molecular formula is C32H52N4O5. The van der Waals surface area contributed by atoms with Crippen molar-refractivity contribution >= 4 is 17.7 Å². The summed E-state index contributed by atoms with van der Waals surface area (Å²) in [4.78, 5) is 44.1. The van der Waals surface area contributed by atoms with Crippen molar-refractivity contribution in [2.45, 2.75) is 104 Å². The number of carbonyl (C=O) groups excluding carboxylic acids is 3. The third kappa shape index (κ3) is 9.38. The summed E-state index contributed by atoms with van der Waals surface area (Å²) in [7, 11) is 1.70. The first-order chi connectivity index (χ1) is 19.3. The van der Waals surface area contributed by atoms with E-state index in [4.69, 9.17) is 0 Å². The van der Waals surface area contributed by atoms with E-state index < -0.39 is 36.7 Å². The van der Waals surface area contributed by atoms with Gasteiger partial charge in [0.2, 0.25) is 17.7 Å². The molecule has 1 heterocycles. The van der Waals surface area contributed by atoms with Gasteiger partial charge in [-0.3, -0.25) is 19.3 Å². The number of hydrogen-bond donors (Lipinski definition) is 4. The largest absolute Gasteiger partial charge is 0.394 e. The molecule has 9 nitrogen and oxygen atoms in total. The van der Waals surface area contributed by atoms with Gasteiger partial charge in [0.25, 0.3) is 0 Å². The van der Waals surface area contributed by atoms with Crippen LogP contribution in [0.4, 0.5) is 0 Å². The Morgan fingerprint density at radius 2 is 1.66 bits per heavy atom. The number of likely N-dealkylation sites (N-methyl/N-ethyl adjacent to an activating group) is 1. The molecule has 1 unspecified atom stereocenters. The molecule has 3 amide bonds. The van der Waals surface area contributed by atoms with Crippen LogP contribution in [0, 0.1) is 11.8 Å². The average molecular weight is 573 g/mol. The van der Waals surface area contributed by atoms with E-state index in [-0.39, 0.29) is 35.7 Å². The smallest absolute Gasteiger partial charge is 0.247 e. The molecule has 4 N–H and O–H groups in total. The van der Waals surface area contributed by atoms with Crippen molar-refractivity contribution in [2.75, 3.05) is 20.2 Å². The summed E-state index contributed by atoms with van der Waals surface area (Å²) in [6, 6.07) is 6.83. The summed E-state index contributed by atoms with van der Waals surface area (Å²) in [5.74, 6) is -0.913. The Hall–Kier alpha value is -2.75. The van der Waals surface area contributed by atoms with Gasteiger partial charge in [-0.25, -0.2) is 0 Å². The Morgan fingerprint density at radius 1 is 1.02 bits per heavy atom. The zero-order valence-electron chi connectivity index (χ0n) is 26.1. The summed E-state index contributed by atoms with van der Waals surface area (Å²) in [5.41, 5.74) is 0.951. The first-order valence-corrected chi connectivity index (χ1v) is 15.0. The van der Waals surface area contributed by atoms with Crippen molar-refractivity contribution in [3.63, 3.8) is 0 Å². The van der Waals surface area contributed by atoms with Gasteiger partial charge in [0, 0.05) is 18.7 Å². The highest BCUT2D eigenvalue weighted by Gasteiger charge is 2.36. The molecule has 1 aliphatic rings. The van der Waals surface area contributed by atoms with Crippen LogP contribution in [-0.4, -0.2) is 88.1 Å². The van der Waals surface area contributed by atoms with E-state index >= 15 is 0 Å². The number of likely N-dealkylation sites (tertiary alicyclic amines) is 1. The Bertz CT molecular complexity index is 1030. The monoisotopic (exact) mass is 572 g/mol. The van der Waals surface area contributed by atoms with E-state index in [1.807, 2.05) is 33.8 Å². The molecule has 0 aromatic heterocycles. The van der Waals surface area contributed by atoms with Crippen molar-refractivity contribution in [3.8, 4) is 0 Å². The van der Waals surface area contributed by atoms with Crippen molar-refractivity contribution in [1.29, 1.82) is 0 Å². The van der Waals surface area contributed by atoms with E-state index in [1.165, 1.54) is 0 Å². The summed E-state index contributed by atoms with van der Waals surface area (Å²) in [6.07, 6.45) is 3.49. The molecule has 2 rings (SSSR count). The molecule has 1 aromatic rings. The lowest BCUT2D eigenvalue weighted by Gasteiger charge is -2.39. The van der Waals surface area contributed by atoms with Crippen molar-refractivity contribution in [2.24, 2.45) is 11.8 Å². The lowest BCUT2D eigenvalue weighted by molar-refractivity contribution is -0.140. The van der Waals surface area contributed by atoms with Crippen LogP contribution in [0.5, 0.6) is 0 Å². The average Bonchev–Trinajstić information content (AvgIpc) is 2.95. The predicted octanol–water partition coefficient (Wildman–Crippen LogP) is 3.03. The highest BCUT2D eigenvalue weighted by molar-refractivity contribution is 5.93. The van der Waals surface area contributed by atoms with Gasteiger partial charge in [-0.05, 0) is 57.6 Å². The number of rotatable bonds is 13. The number of aliphatic hydroxyl groups is 2. The van der Waals surface area contributed by atoms with Gasteiger partial charge >= 0.3 is 0 Å². The van der Waals surface area contributed by atoms with Crippen molar-refractivity contribution < 1.29 is 24.6 Å². The molecule has 0 spiro atoms. The fourth-order valence-electron chi connectivity index (χ4n) is 5.46. The molecule has 1 aliphatic heterocycles. The minimum atomic E-state index is -1.07. The van der Waals surface area contributed by atoms with Gasteiger partial charge < -0.3 is 25.7 Å². The van der Waals surface area contributed by atoms with E-state index in [0.717, 1.165) is 25.8 Å². The fraction of sp³-hybridized carbons (Fsp3) is 0.656. The van der Waals surface area contributed by atoms with Crippen LogP contribution < -0.4 is 10.6 Å². The SMILES string of the molecule is CC(=C[C@H](C(C)C)N(C)C(=O)[C@@H](NC(=O)C1CCCCN1C(C)C)C(C)C)C(=O)N[C@@H](CO)[C@H](O)c1ccccc1. The summed E-state index contributed by atoms with van der Waals surface area (Å²) in [6.45, 7) is 14.0. The maximum atomic E-state index is 13.8. The first-order valence-electron chi connectivity index (χ1n) is 15.0. The van der Waals surface area contributed by atoms with Crippen LogP contribution in [0.1, 0.15) is 79.4 Å². The minimum Gasteiger partial charge on any atom is -0.394 e. The third-order valence-corrected chi connectivity index (χ3v) is 8.03. The maximum Gasteiger partial charge on any atom is 0.247 e. The number of aliphatic hydroxyl groups excluding tert-OH is 2. The number of nitrogens with zero attached hydrogens (tertiary/aromatic N) is 2. The molecule has 5 atom stereocenters. The highest BCUT2D eigenvalue weighted by Crippen LogP contribution is 2.22. The number of hydrogen-bond acceptors (Lipinski definition) is 6. The molecule has 1 saturated heterocycles. The number of nitrogens with one attached hydrogen (secondary N) is 2. The Labute approximate surface area is 246 Å². The summed E-state index contributed by atoms with van der Waals surface area (Å²) < 4.78 is 0. The number of amides is 3.